The molecule has 0 fully saturated rings. The van der Waals surface area contributed by atoms with Crippen molar-refractivity contribution in [3.8, 4) is 17.4 Å². The van der Waals surface area contributed by atoms with E-state index in [1.54, 1.807) is 0 Å². The molecule has 0 N–H and O–H groups in total. The van der Waals surface area contributed by atoms with Gasteiger partial charge in [-0.15, -0.1) is 0 Å². The number of hydrogen-bond donors (Lipinski definition) is 0. The average molecular weight is 596 g/mol. The van der Waals surface area contributed by atoms with Crippen molar-refractivity contribution in [2.45, 2.75) is 19.6 Å². The van der Waals surface area contributed by atoms with E-state index in [-0.39, 0.29) is 0 Å². The molecular weight excluding hydrogens is 567 g/mol. The Labute approximate surface area is 261 Å². The third kappa shape index (κ3) is 3.76. The first-order valence-corrected chi connectivity index (χ1v) is 18.8. The number of para-hydroxylation sites is 2. The lowest BCUT2D eigenvalue weighted by Crippen LogP contribution is -2.37. The van der Waals surface area contributed by atoms with Crippen LogP contribution in [0.4, 0.5) is 0 Å². The second kappa shape index (κ2) is 9.22. The van der Waals surface area contributed by atoms with Crippen LogP contribution in [-0.4, -0.2) is 17.2 Å². The number of benzene rings is 6. The van der Waals surface area contributed by atoms with Gasteiger partial charge in [0.15, 0.2) is 0 Å². The molecule has 9 rings (SSSR count). The largest absolute Gasteiger partial charge is 0.456 e. The number of rotatable bonds is 3. The standard InChI is InChI=1S/C40H29N3OSi/c1-45(2,3)28-15-17-38-32(23-28)30-9-5-7-11-36(30)43(38)27-14-19-40-34(22-27)33-21-26(13-18-39(33)44-40)42-35-10-6-4-8-29(35)31-20-25(24-41)12-16-37(31)42/h4-23H,1-3H3. The molecule has 214 valence electrons. The van der Waals surface area contributed by atoms with Crippen LogP contribution >= 0.6 is 0 Å². The molecule has 9 aromatic rings. The quantitative estimate of drug-likeness (QED) is 0.191. The van der Waals surface area contributed by atoms with Gasteiger partial charge in [0, 0.05) is 43.7 Å². The summed E-state index contributed by atoms with van der Waals surface area (Å²) in [5.41, 5.74) is 9.17. The minimum atomic E-state index is -1.47. The fraction of sp³-hybridized carbons (Fsp3) is 0.0750. The number of aromatic nitrogens is 2. The zero-order valence-electron chi connectivity index (χ0n) is 25.3. The van der Waals surface area contributed by atoms with Crippen molar-refractivity contribution >= 4 is 78.8 Å². The maximum absolute atomic E-state index is 9.57. The van der Waals surface area contributed by atoms with Crippen LogP contribution in [0.5, 0.6) is 0 Å². The van der Waals surface area contributed by atoms with E-state index in [1.165, 1.54) is 27.0 Å². The minimum Gasteiger partial charge on any atom is -0.456 e. The van der Waals surface area contributed by atoms with Crippen LogP contribution < -0.4 is 5.19 Å². The molecule has 0 aliphatic heterocycles. The fourth-order valence-electron chi connectivity index (χ4n) is 7.07. The molecule has 0 spiro atoms. The van der Waals surface area contributed by atoms with Crippen LogP contribution in [0, 0.1) is 11.3 Å². The third-order valence-corrected chi connectivity index (χ3v) is 11.3. The molecule has 3 aromatic heterocycles. The summed E-state index contributed by atoms with van der Waals surface area (Å²) >= 11 is 0. The molecule has 0 atom stereocenters. The topological polar surface area (TPSA) is 46.8 Å². The van der Waals surface area contributed by atoms with Gasteiger partial charge in [-0.05, 0) is 72.8 Å². The summed E-state index contributed by atoms with van der Waals surface area (Å²) in [6, 6.07) is 45.4. The first kappa shape index (κ1) is 25.9. The highest BCUT2D eigenvalue weighted by Gasteiger charge is 2.20. The molecule has 6 aromatic carbocycles. The van der Waals surface area contributed by atoms with Crippen LogP contribution in [0.25, 0.3) is 76.9 Å². The summed E-state index contributed by atoms with van der Waals surface area (Å²) in [5.74, 6) is 0. The van der Waals surface area contributed by atoms with Crippen molar-refractivity contribution in [3.63, 3.8) is 0 Å². The second-order valence-corrected chi connectivity index (χ2v) is 18.1. The van der Waals surface area contributed by atoms with E-state index >= 15 is 0 Å². The predicted octanol–water partition coefficient (Wildman–Crippen LogP) is 10.2. The Morgan fingerprint density at radius 2 is 1.02 bits per heavy atom. The van der Waals surface area contributed by atoms with Gasteiger partial charge in [-0.1, -0.05) is 73.4 Å². The van der Waals surface area contributed by atoms with Crippen LogP contribution in [-0.2, 0) is 0 Å². The van der Waals surface area contributed by atoms with E-state index in [2.05, 4.69) is 144 Å². The van der Waals surface area contributed by atoms with Crippen molar-refractivity contribution in [1.29, 1.82) is 5.26 Å². The van der Waals surface area contributed by atoms with Crippen LogP contribution in [0.2, 0.25) is 19.6 Å². The molecular formula is C40H29N3OSi. The molecule has 0 aliphatic carbocycles. The molecule has 5 heteroatoms. The van der Waals surface area contributed by atoms with E-state index < -0.39 is 8.07 Å². The van der Waals surface area contributed by atoms with Crippen molar-refractivity contribution in [3.05, 3.63) is 127 Å². The zero-order chi connectivity index (χ0) is 30.4. The van der Waals surface area contributed by atoms with Crippen molar-refractivity contribution in [2.75, 3.05) is 0 Å². The molecule has 4 nitrogen and oxygen atoms in total. The van der Waals surface area contributed by atoms with E-state index in [0.717, 1.165) is 55.1 Å². The minimum absolute atomic E-state index is 0.663. The number of fused-ring (bicyclic) bond motifs is 9. The molecule has 0 radical (unpaired) electrons. The maximum atomic E-state index is 9.57. The third-order valence-electron chi connectivity index (χ3n) is 9.29. The molecule has 0 aliphatic rings. The van der Waals surface area contributed by atoms with Crippen LogP contribution in [0.15, 0.2) is 126 Å². The van der Waals surface area contributed by atoms with Gasteiger partial charge in [-0.2, -0.15) is 5.26 Å². The highest BCUT2D eigenvalue weighted by Crippen LogP contribution is 2.38. The van der Waals surface area contributed by atoms with E-state index in [1.807, 2.05) is 12.1 Å². The summed E-state index contributed by atoms with van der Waals surface area (Å²) in [6.45, 7) is 7.22. The summed E-state index contributed by atoms with van der Waals surface area (Å²) in [5, 5.41) is 18.0. The Balaban J connectivity index is 1.28. The first-order valence-electron chi connectivity index (χ1n) is 15.3. The molecule has 3 heterocycles. The van der Waals surface area contributed by atoms with Gasteiger partial charge in [0.05, 0.1) is 41.8 Å². The van der Waals surface area contributed by atoms with Crippen LogP contribution in [0.1, 0.15) is 5.56 Å². The SMILES string of the molecule is C[Si](C)(C)c1ccc2c(c1)c1ccccc1n2-c1ccc2oc3ccc(-n4c5ccccc5c5cc(C#N)ccc54)cc3c2c1. The number of nitrogens with zero attached hydrogens (tertiary/aromatic N) is 3. The van der Waals surface area contributed by atoms with Gasteiger partial charge in [-0.25, -0.2) is 0 Å². The van der Waals surface area contributed by atoms with Gasteiger partial charge in [0.1, 0.15) is 11.2 Å². The van der Waals surface area contributed by atoms with E-state index in [9.17, 15) is 5.26 Å². The summed E-state index contributed by atoms with van der Waals surface area (Å²) < 4.78 is 11.1. The summed E-state index contributed by atoms with van der Waals surface area (Å²) in [4.78, 5) is 0. The first-order chi connectivity index (χ1) is 21.9. The molecule has 0 amide bonds. The second-order valence-electron chi connectivity index (χ2n) is 13.0. The number of furan rings is 1. The molecule has 0 saturated carbocycles. The predicted molar refractivity (Wildman–Crippen MR) is 190 cm³/mol. The van der Waals surface area contributed by atoms with Gasteiger partial charge in [-0.3, -0.25) is 0 Å². The summed E-state index contributed by atoms with van der Waals surface area (Å²) in [6.07, 6.45) is 0. The highest BCUT2D eigenvalue weighted by atomic mass is 28.3. The molecule has 0 unspecified atom stereocenters. The summed E-state index contributed by atoms with van der Waals surface area (Å²) in [7, 11) is -1.47. The lowest BCUT2D eigenvalue weighted by Gasteiger charge is -2.17. The zero-order valence-corrected chi connectivity index (χ0v) is 26.3. The lowest BCUT2D eigenvalue weighted by atomic mass is 10.1. The van der Waals surface area contributed by atoms with E-state index in [4.69, 9.17) is 4.42 Å². The Bertz CT molecular complexity index is 2710. The number of hydrogen-bond acceptors (Lipinski definition) is 2. The smallest absolute Gasteiger partial charge is 0.135 e. The Morgan fingerprint density at radius 3 is 1.58 bits per heavy atom. The Kier molecular flexibility index (Phi) is 5.30. The molecule has 0 bridgehead atoms. The van der Waals surface area contributed by atoms with Crippen molar-refractivity contribution in [2.24, 2.45) is 0 Å². The van der Waals surface area contributed by atoms with E-state index in [0.29, 0.717) is 5.56 Å². The lowest BCUT2D eigenvalue weighted by molar-refractivity contribution is 0.669. The fourth-order valence-corrected chi connectivity index (χ4v) is 8.23. The normalized spacial score (nSPS) is 12.3. The Morgan fingerprint density at radius 1 is 0.511 bits per heavy atom. The number of nitriles is 1. The molecule has 0 saturated heterocycles. The van der Waals surface area contributed by atoms with Gasteiger partial charge in [0.2, 0.25) is 0 Å². The average Bonchev–Trinajstić information content (AvgIpc) is 3.70. The highest BCUT2D eigenvalue weighted by molar-refractivity contribution is 6.88. The van der Waals surface area contributed by atoms with Gasteiger partial charge < -0.3 is 13.6 Å². The van der Waals surface area contributed by atoms with Gasteiger partial charge >= 0.3 is 0 Å². The maximum Gasteiger partial charge on any atom is 0.135 e. The van der Waals surface area contributed by atoms with Crippen LogP contribution in [0.3, 0.4) is 0 Å². The van der Waals surface area contributed by atoms with Crippen molar-refractivity contribution in [1.82, 2.24) is 9.13 Å². The Hall–Kier alpha value is -5.57. The monoisotopic (exact) mass is 595 g/mol. The van der Waals surface area contributed by atoms with Gasteiger partial charge in [0.25, 0.3) is 0 Å². The molecule has 45 heavy (non-hydrogen) atoms. The van der Waals surface area contributed by atoms with Crippen molar-refractivity contribution < 1.29 is 4.42 Å².